The smallest absolute Gasteiger partial charge is 0.267 e. The lowest BCUT2D eigenvalue weighted by molar-refractivity contribution is 0.0752. The number of nitrogens with two attached hydrogens (primary N) is 1. The minimum atomic E-state index is -0.0724. The van der Waals surface area contributed by atoms with Gasteiger partial charge in [0.2, 0.25) is 0 Å². The number of hydrogen-bond donors (Lipinski definition) is 1. The number of piperazine rings is 1. The van der Waals surface area contributed by atoms with Crippen molar-refractivity contribution in [2.75, 3.05) is 43.9 Å². The highest BCUT2D eigenvalue weighted by Gasteiger charge is 2.27. The maximum atomic E-state index is 13.0. The van der Waals surface area contributed by atoms with Crippen molar-refractivity contribution in [3.8, 4) is 17.1 Å². The molecule has 1 aromatic carbocycles. The molecule has 0 bridgehead atoms. The Morgan fingerprint density at radius 1 is 1.11 bits per heavy atom. The fourth-order valence-electron chi connectivity index (χ4n) is 3.32. The van der Waals surface area contributed by atoms with Crippen LogP contribution in [0.3, 0.4) is 0 Å². The molecule has 0 unspecified atom stereocenters. The van der Waals surface area contributed by atoms with Crippen LogP contribution in [0.4, 0.5) is 11.4 Å². The Morgan fingerprint density at radius 3 is 2.57 bits per heavy atom. The van der Waals surface area contributed by atoms with Gasteiger partial charge in [-0.15, -0.1) is 0 Å². The van der Waals surface area contributed by atoms with Gasteiger partial charge >= 0.3 is 0 Å². The number of methoxy groups -OCH3 is 1. The molecule has 8 heteroatoms. The Hall–Kier alpha value is -3.13. The number of carbonyl (C=O) groups is 1. The van der Waals surface area contributed by atoms with Gasteiger partial charge in [0, 0.05) is 32.4 Å². The summed E-state index contributed by atoms with van der Waals surface area (Å²) in [6, 6.07) is 13.5. The molecule has 0 atom stereocenters. The van der Waals surface area contributed by atoms with Gasteiger partial charge in [-0.1, -0.05) is 18.2 Å². The van der Waals surface area contributed by atoms with Crippen molar-refractivity contribution < 1.29 is 9.53 Å². The number of aromatic nitrogens is 2. The lowest BCUT2D eigenvalue weighted by Crippen LogP contribution is -2.48. The van der Waals surface area contributed by atoms with E-state index >= 15 is 0 Å². The summed E-state index contributed by atoms with van der Waals surface area (Å²) in [4.78, 5) is 21.8. The van der Waals surface area contributed by atoms with Gasteiger partial charge in [0.1, 0.15) is 16.3 Å². The Kier molecular flexibility index (Phi) is 5.12. The third-order valence-corrected chi connectivity index (χ3v) is 5.67. The molecular weight excluding hydrogens is 374 g/mol. The maximum Gasteiger partial charge on any atom is 0.267 e. The van der Waals surface area contributed by atoms with E-state index in [2.05, 4.69) is 14.3 Å². The molecule has 28 heavy (non-hydrogen) atoms. The molecule has 1 saturated heterocycles. The quantitative estimate of drug-likeness (QED) is 0.731. The number of nitrogen functional groups attached to an aromatic ring is 1. The lowest BCUT2D eigenvalue weighted by Gasteiger charge is -2.36. The van der Waals surface area contributed by atoms with Gasteiger partial charge in [-0.05, 0) is 35.8 Å². The van der Waals surface area contributed by atoms with E-state index in [1.807, 2.05) is 47.4 Å². The van der Waals surface area contributed by atoms with E-state index in [4.69, 9.17) is 10.5 Å². The highest BCUT2D eigenvalue weighted by atomic mass is 32.1. The average Bonchev–Trinajstić information content (AvgIpc) is 3.15. The van der Waals surface area contributed by atoms with Crippen molar-refractivity contribution in [3.63, 3.8) is 0 Å². The number of hydrogen-bond acceptors (Lipinski definition) is 7. The fourth-order valence-corrected chi connectivity index (χ4v) is 4.10. The van der Waals surface area contributed by atoms with E-state index in [-0.39, 0.29) is 5.91 Å². The Balaban J connectivity index is 1.47. The Bertz CT molecular complexity index is 968. The zero-order valence-electron chi connectivity index (χ0n) is 15.5. The van der Waals surface area contributed by atoms with Crippen molar-refractivity contribution in [2.45, 2.75) is 0 Å². The predicted molar refractivity (Wildman–Crippen MR) is 111 cm³/mol. The average molecular weight is 395 g/mol. The lowest BCUT2D eigenvalue weighted by atomic mass is 10.2. The highest BCUT2D eigenvalue weighted by Crippen LogP contribution is 2.32. The van der Waals surface area contributed by atoms with Gasteiger partial charge in [-0.3, -0.25) is 9.78 Å². The van der Waals surface area contributed by atoms with Gasteiger partial charge < -0.3 is 20.3 Å². The second-order valence-electron chi connectivity index (χ2n) is 6.44. The molecule has 2 N–H and O–H groups in total. The van der Waals surface area contributed by atoms with E-state index < -0.39 is 0 Å². The van der Waals surface area contributed by atoms with Crippen molar-refractivity contribution in [1.82, 2.24) is 14.3 Å². The number of para-hydroxylation sites is 2. The minimum absolute atomic E-state index is 0.0724. The molecule has 3 heterocycles. The van der Waals surface area contributed by atoms with Gasteiger partial charge in [0.05, 0.1) is 24.2 Å². The third-order valence-electron chi connectivity index (χ3n) is 4.82. The normalized spacial score (nSPS) is 14.2. The maximum absolute atomic E-state index is 13.0. The number of carbonyl (C=O) groups excluding carboxylic acids is 1. The fraction of sp³-hybridized carbons (Fsp3) is 0.250. The molecule has 1 fully saturated rings. The van der Waals surface area contributed by atoms with Gasteiger partial charge in [0.25, 0.3) is 5.91 Å². The summed E-state index contributed by atoms with van der Waals surface area (Å²) in [6.45, 7) is 2.70. The molecule has 0 saturated carbocycles. The second-order valence-corrected chi connectivity index (χ2v) is 7.21. The molecule has 4 rings (SSSR count). The molecule has 1 aliphatic heterocycles. The van der Waals surface area contributed by atoms with Crippen molar-refractivity contribution in [3.05, 3.63) is 53.5 Å². The summed E-state index contributed by atoms with van der Waals surface area (Å²) in [5.74, 6) is 0.769. The standard InChI is InChI=1S/C20H21N5O2S/c1-27-16-8-3-2-7-15(16)24-10-12-25(13-11-24)20(26)19-17(21)18(23-28-19)14-6-4-5-9-22-14/h2-9H,10-13,21H2,1H3. The SMILES string of the molecule is COc1ccccc1N1CCN(C(=O)c2snc(-c3ccccn3)c2N)CC1. The Labute approximate surface area is 167 Å². The van der Waals surface area contributed by atoms with Crippen LogP contribution in [0, 0.1) is 0 Å². The van der Waals surface area contributed by atoms with Gasteiger partial charge in [0.15, 0.2) is 0 Å². The Morgan fingerprint density at radius 2 is 1.86 bits per heavy atom. The first-order chi connectivity index (χ1) is 13.7. The molecular formula is C20H21N5O2S. The largest absolute Gasteiger partial charge is 0.495 e. The van der Waals surface area contributed by atoms with Crippen molar-refractivity contribution in [1.29, 1.82) is 0 Å². The van der Waals surface area contributed by atoms with Crippen LogP contribution in [-0.2, 0) is 0 Å². The van der Waals surface area contributed by atoms with E-state index in [1.54, 1.807) is 13.3 Å². The predicted octanol–water partition coefficient (Wildman–Crippen LogP) is 2.76. The molecule has 2 aromatic heterocycles. The second kappa shape index (κ2) is 7.85. The first kappa shape index (κ1) is 18.2. The van der Waals surface area contributed by atoms with Crippen molar-refractivity contribution in [2.24, 2.45) is 0 Å². The molecule has 144 valence electrons. The molecule has 0 radical (unpaired) electrons. The van der Waals surface area contributed by atoms with Crippen LogP contribution >= 0.6 is 11.5 Å². The number of pyridine rings is 1. The van der Waals surface area contributed by atoms with Crippen LogP contribution in [0.15, 0.2) is 48.7 Å². The molecule has 1 amide bonds. The molecule has 1 aliphatic rings. The zero-order valence-corrected chi connectivity index (χ0v) is 16.4. The summed E-state index contributed by atoms with van der Waals surface area (Å²) in [5, 5.41) is 0. The summed E-state index contributed by atoms with van der Waals surface area (Å²) in [6.07, 6.45) is 1.69. The number of anilines is 2. The van der Waals surface area contributed by atoms with Crippen molar-refractivity contribution >= 4 is 28.8 Å². The summed E-state index contributed by atoms with van der Waals surface area (Å²) >= 11 is 1.14. The van der Waals surface area contributed by atoms with Crippen LogP contribution in [0.1, 0.15) is 9.67 Å². The number of amides is 1. The van der Waals surface area contributed by atoms with E-state index in [0.29, 0.717) is 35.0 Å². The zero-order chi connectivity index (χ0) is 19.5. The summed E-state index contributed by atoms with van der Waals surface area (Å²) in [5.41, 5.74) is 8.93. The summed E-state index contributed by atoms with van der Waals surface area (Å²) < 4.78 is 9.82. The summed E-state index contributed by atoms with van der Waals surface area (Å²) in [7, 11) is 1.67. The van der Waals surface area contributed by atoms with Gasteiger partial charge in [-0.25, -0.2) is 0 Å². The van der Waals surface area contributed by atoms with Gasteiger partial charge in [-0.2, -0.15) is 4.37 Å². The number of benzene rings is 1. The third kappa shape index (κ3) is 3.38. The minimum Gasteiger partial charge on any atom is -0.495 e. The first-order valence-electron chi connectivity index (χ1n) is 9.03. The highest BCUT2D eigenvalue weighted by molar-refractivity contribution is 7.09. The first-order valence-corrected chi connectivity index (χ1v) is 9.80. The molecule has 0 spiro atoms. The van der Waals surface area contributed by atoms with E-state index in [9.17, 15) is 4.79 Å². The van der Waals surface area contributed by atoms with Crippen LogP contribution in [0.2, 0.25) is 0 Å². The number of ether oxygens (including phenoxy) is 1. The van der Waals surface area contributed by atoms with E-state index in [0.717, 1.165) is 36.1 Å². The molecule has 0 aliphatic carbocycles. The number of rotatable bonds is 4. The van der Waals surface area contributed by atoms with Crippen LogP contribution < -0.4 is 15.4 Å². The van der Waals surface area contributed by atoms with Crippen LogP contribution in [-0.4, -0.2) is 53.5 Å². The van der Waals surface area contributed by atoms with E-state index in [1.165, 1.54) is 0 Å². The molecule has 3 aromatic rings. The van der Waals surface area contributed by atoms with Crippen LogP contribution in [0.5, 0.6) is 5.75 Å². The molecule has 7 nitrogen and oxygen atoms in total. The number of nitrogens with zero attached hydrogens (tertiary/aromatic N) is 4. The topological polar surface area (TPSA) is 84.6 Å². The van der Waals surface area contributed by atoms with Crippen LogP contribution in [0.25, 0.3) is 11.4 Å². The monoisotopic (exact) mass is 395 g/mol.